The number of hydrogen-bond donors (Lipinski definition) is 1. The van der Waals surface area contributed by atoms with E-state index in [1.54, 1.807) is 17.5 Å². The van der Waals surface area contributed by atoms with E-state index in [-0.39, 0.29) is 17.8 Å². The summed E-state index contributed by atoms with van der Waals surface area (Å²) in [5.41, 5.74) is 2.37. The maximum atomic E-state index is 13.4. The van der Waals surface area contributed by atoms with Crippen LogP contribution in [0.25, 0.3) is 10.6 Å². The van der Waals surface area contributed by atoms with Crippen LogP contribution in [0.1, 0.15) is 22.1 Å². The molecule has 0 radical (unpaired) electrons. The van der Waals surface area contributed by atoms with Crippen molar-refractivity contribution in [2.75, 3.05) is 32.8 Å². The topological polar surface area (TPSA) is 54.5 Å². The van der Waals surface area contributed by atoms with Crippen molar-refractivity contribution in [3.05, 3.63) is 77.1 Å². The summed E-state index contributed by atoms with van der Waals surface area (Å²) >= 11 is 1.45. The first-order valence-electron chi connectivity index (χ1n) is 9.57. The van der Waals surface area contributed by atoms with Crippen molar-refractivity contribution in [3.8, 4) is 10.6 Å². The molecule has 0 aliphatic carbocycles. The molecule has 150 valence electrons. The average molecular weight is 412 g/mol. The number of thiazole rings is 1. The second kappa shape index (κ2) is 9.26. The van der Waals surface area contributed by atoms with Crippen molar-refractivity contribution < 1.29 is 13.9 Å². The molecule has 7 heteroatoms. The zero-order valence-corrected chi connectivity index (χ0v) is 16.7. The molecule has 1 atom stereocenters. The molecule has 2 aromatic carbocycles. The minimum absolute atomic E-state index is 0.0457. The van der Waals surface area contributed by atoms with Crippen LogP contribution >= 0.6 is 11.3 Å². The van der Waals surface area contributed by atoms with E-state index in [1.165, 1.54) is 23.5 Å². The van der Waals surface area contributed by atoms with Gasteiger partial charge in [0.25, 0.3) is 5.91 Å². The summed E-state index contributed by atoms with van der Waals surface area (Å²) < 4.78 is 18.8. The third-order valence-corrected chi connectivity index (χ3v) is 5.85. The van der Waals surface area contributed by atoms with E-state index >= 15 is 0 Å². The van der Waals surface area contributed by atoms with Gasteiger partial charge in [0.1, 0.15) is 16.5 Å². The Labute approximate surface area is 173 Å². The van der Waals surface area contributed by atoms with Crippen LogP contribution in [0.3, 0.4) is 0 Å². The lowest BCUT2D eigenvalue weighted by Crippen LogP contribution is -2.43. The van der Waals surface area contributed by atoms with Crippen LogP contribution in [0.15, 0.2) is 60.0 Å². The lowest BCUT2D eigenvalue weighted by molar-refractivity contribution is 0.0162. The van der Waals surface area contributed by atoms with Gasteiger partial charge in [-0.2, -0.15) is 0 Å². The quantitative estimate of drug-likeness (QED) is 0.671. The summed E-state index contributed by atoms with van der Waals surface area (Å²) in [5.74, 6) is -0.474. The Morgan fingerprint density at radius 1 is 1.14 bits per heavy atom. The van der Waals surface area contributed by atoms with Gasteiger partial charge in [-0.3, -0.25) is 9.69 Å². The van der Waals surface area contributed by atoms with Gasteiger partial charge in [-0.25, -0.2) is 9.37 Å². The smallest absolute Gasteiger partial charge is 0.270 e. The lowest BCUT2D eigenvalue weighted by atomic mass is 10.0. The van der Waals surface area contributed by atoms with Crippen molar-refractivity contribution >= 4 is 17.2 Å². The number of aromatic nitrogens is 1. The van der Waals surface area contributed by atoms with Gasteiger partial charge in [-0.05, 0) is 17.7 Å². The molecule has 1 unspecified atom stereocenters. The van der Waals surface area contributed by atoms with Gasteiger partial charge in [0.05, 0.1) is 19.3 Å². The van der Waals surface area contributed by atoms with Crippen molar-refractivity contribution in [1.29, 1.82) is 0 Å². The van der Waals surface area contributed by atoms with Crippen molar-refractivity contribution in [2.24, 2.45) is 0 Å². The number of ether oxygens (including phenoxy) is 1. The molecule has 2 heterocycles. The molecule has 4 rings (SSSR count). The molecular weight excluding hydrogens is 389 g/mol. The monoisotopic (exact) mass is 411 g/mol. The third kappa shape index (κ3) is 4.87. The first-order valence-corrected chi connectivity index (χ1v) is 10.4. The Balaban J connectivity index is 1.46. The average Bonchev–Trinajstić information content (AvgIpc) is 3.27. The SMILES string of the molecule is O=C(NCC(c1ccc(F)cc1)N1CCOCC1)c1csc(-c2ccccc2)n1. The number of carbonyl (C=O) groups is 1. The second-order valence-electron chi connectivity index (χ2n) is 6.83. The molecule has 1 aliphatic rings. The van der Waals surface area contributed by atoms with Gasteiger partial charge in [-0.1, -0.05) is 42.5 Å². The molecule has 1 saturated heterocycles. The minimum Gasteiger partial charge on any atom is -0.379 e. The van der Waals surface area contributed by atoms with Crippen LogP contribution in [-0.4, -0.2) is 48.6 Å². The summed E-state index contributed by atoms with van der Waals surface area (Å²) in [4.78, 5) is 19.4. The van der Waals surface area contributed by atoms with Gasteiger partial charge in [0.15, 0.2) is 0 Å². The lowest BCUT2D eigenvalue weighted by Gasteiger charge is -2.34. The largest absolute Gasteiger partial charge is 0.379 e. The maximum Gasteiger partial charge on any atom is 0.270 e. The molecule has 1 aliphatic heterocycles. The normalized spacial score (nSPS) is 15.8. The Kier molecular flexibility index (Phi) is 6.29. The Morgan fingerprint density at radius 2 is 1.86 bits per heavy atom. The first-order chi connectivity index (χ1) is 14.2. The first kappa shape index (κ1) is 19.7. The molecule has 0 saturated carbocycles. The number of nitrogens with zero attached hydrogens (tertiary/aromatic N) is 2. The van der Waals surface area contributed by atoms with Gasteiger partial charge >= 0.3 is 0 Å². The van der Waals surface area contributed by atoms with E-state index in [0.29, 0.717) is 25.5 Å². The molecule has 1 amide bonds. The number of hydrogen-bond acceptors (Lipinski definition) is 5. The third-order valence-electron chi connectivity index (χ3n) is 4.95. The summed E-state index contributed by atoms with van der Waals surface area (Å²) in [6.07, 6.45) is 0. The Bertz CT molecular complexity index is 940. The van der Waals surface area contributed by atoms with Crippen LogP contribution < -0.4 is 5.32 Å². The molecule has 29 heavy (non-hydrogen) atoms. The van der Waals surface area contributed by atoms with Gasteiger partial charge in [0, 0.05) is 30.6 Å². The Morgan fingerprint density at radius 3 is 2.59 bits per heavy atom. The van der Waals surface area contributed by atoms with Crippen molar-refractivity contribution in [1.82, 2.24) is 15.2 Å². The van der Waals surface area contributed by atoms with Crippen LogP contribution in [0.2, 0.25) is 0 Å². The predicted molar refractivity (Wildman–Crippen MR) is 111 cm³/mol. The van der Waals surface area contributed by atoms with Gasteiger partial charge < -0.3 is 10.1 Å². The molecule has 5 nitrogen and oxygen atoms in total. The number of benzene rings is 2. The minimum atomic E-state index is -0.269. The fourth-order valence-corrected chi connectivity index (χ4v) is 4.21. The highest BCUT2D eigenvalue weighted by Crippen LogP contribution is 2.24. The fourth-order valence-electron chi connectivity index (χ4n) is 3.40. The highest BCUT2D eigenvalue weighted by molar-refractivity contribution is 7.13. The highest BCUT2D eigenvalue weighted by Gasteiger charge is 2.24. The van der Waals surface area contributed by atoms with Crippen LogP contribution in [0.4, 0.5) is 4.39 Å². The van der Waals surface area contributed by atoms with Crippen molar-refractivity contribution in [3.63, 3.8) is 0 Å². The molecule has 1 N–H and O–H groups in total. The number of nitrogens with one attached hydrogen (secondary N) is 1. The van der Waals surface area contributed by atoms with Crippen LogP contribution in [0, 0.1) is 5.82 Å². The maximum absolute atomic E-state index is 13.4. The fraction of sp³-hybridized carbons (Fsp3) is 0.273. The van der Waals surface area contributed by atoms with Crippen molar-refractivity contribution in [2.45, 2.75) is 6.04 Å². The van der Waals surface area contributed by atoms with Crippen LogP contribution in [0.5, 0.6) is 0 Å². The van der Waals surface area contributed by atoms with E-state index in [1.807, 2.05) is 30.3 Å². The summed E-state index contributed by atoms with van der Waals surface area (Å²) in [5, 5.41) is 5.60. The molecule has 3 aromatic rings. The van der Waals surface area contributed by atoms with E-state index < -0.39 is 0 Å². The standard InChI is InChI=1S/C22H22FN3O2S/c23-18-8-6-16(7-9-18)20(26-10-12-28-13-11-26)14-24-21(27)19-15-29-22(25-19)17-4-2-1-3-5-17/h1-9,15,20H,10-14H2,(H,24,27). The highest BCUT2D eigenvalue weighted by atomic mass is 32.1. The number of amides is 1. The summed E-state index contributed by atoms with van der Waals surface area (Å²) in [6.45, 7) is 3.26. The zero-order chi connectivity index (χ0) is 20.1. The van der Waals surface area contributed by atoms with E-state index in [2.05, 4.69) is 15.2 Å². The summed E-state index contributed by atoms with van der Waals surface area (Å²) in [6, 6.07) is 16.2. The number of halogens is 1. The van der Waals surface area contributed by atoms with E-state index in [4.69, 9.17) is 4.74 Å². The molecular formula is C22H22FN3O2S. The predicted octanol–water partition coefficient (Wildman–Crippen LogP) is 3.75. The van der Waals surface area contributed by atoms with E-state index in [9.17, 15) is 9.18 Å². The molecule has 1 fully saturated rings. The van der Waals surface area contributed by atoms with Gasteiger partial charge in [-0.15, -0.1) is 11.3 Å². The van der Waals surface area contributed by atoms with E-state index in [0.717, 1.165) is 29.2 Å². The molecule has 0 spiro atoms. The zero-order valence-electron chi connectivity index (χ0n) is 15.9. The molecule has 1 aromatic heterocycles. The molecule has 0 bridgehead atoms. The number of morpholine rings is 1. The van der Waals surface area contributed by atoms with Gasteiger partial charge in [0.2, 0.25) is 0 Å². The number of carbonyl (C=O) groups excluding carboxylic acids is 1. The second-order valence-corrected chi connectivity index (χ2v) is 7.69. The number of rotatable bonds is 6. The van der Waals surface area contributed by atoms with Crippen LogP contribution in [-0.2, 0) is 4.74 Å². The summed E-state index contributed by atoms with van der Waals surface area (Å²) in [7, 11) is 0. The Hall–Kier alpha value is -2.61.